The number of carbonyl (C=O) groups excluding carboxylic acids is 1. The molecule has 0 amide bonds. The Balaban J connectivity index is 2.67. The highest BCUT2D eigenvalue weighted by atomic mass is 16.1. The topological polar surface area (TPSA) is 17.1 Å². The molecule has 1 heteroatoms. The fraction of sp³-hybridized carbons (Fsp3) is 0.750. The maximum absolute atomic E-state index is 11.8. The Morgan fingerprint density at radius 3 is 2.62 bits per heavy atom. The third-order valence-corrected chi connectivity index (χ3v) is 3.51. The number of ketones is 1. The molecule has 0 aromatic heterocycles. The van der Waals surface area contributed by atoms with Crippen LogP contribution in [-0.4, -0.2) is 5.78 Å². The molecule has 0 N–H and O–H groups in total. The largest absolute Gasteiger partial charge is 0.299 e. The van der Waals surface area contributed by atoms with Gasteiger partial charge in [0.2, 0.25) is 0 Å². The molecule has 0 aromatic carbocycles. The minimum atomic E-state index is -0.231. The highest BCUT2D eigenvalue weighted by Gasteiger charge is 2.36. The Bertz CT molecular complexity index is 217. The number of rotatable bonds is 2. The number of Topliss-reactive ketones (excluding diaryl/α,β-unsaturated/α-hetero) is 1. The van der Waals surface area contributed by atoms with Crippen molar-refractivity contribution in [2.24, 2.45) is 17.3 Å². The van der Waals surface area contributed by atoms with Crippen LogP contribution in [0.4, 0.5) is 0 Å². The summed E-state index contributed by atoms with van der Waals surface area (Å²) in [6.07, 6.45) is 4.73. The molecular formula is C12H20O. The van der Waals surface area contributed by atoms with E-state index in [0.29, 0.717) is 17.6 Å². The van der Waals surface area contributed by atoms with Gasteiger partial charge in [0.15, 0.2) is 0 Å². The summed E-state index contributed by atoms with van der Waals surface area (Å²) in [5, 5.41) is 0. The lowest BCUT2D eigenvalue weighted by Crippen LogP contribution is -2.34. The lowest BCUT2D eigenvalue weighted by atomic mass is 9.68. The molecule has 1 rings (SSSR count). The Labute approximate surface area is 81.2 Å². The Morgan fingerprint density at radius 2 is 2.23 bits per heavy atom. The van der Waals surface area contributed by atoms with Crippen LogP contribution in [-0.2, 0) is 4.79 Å². The first kappa shape index (κ1) is 10.5. The fourth-order valence-electron chi connectivity index (χ4n) is 1.98. The van der Waals surface area contributed by atoms with Crippen LogP contribution in [0.5, 0.6) is 0 Å². The predicted molar refractivity (Wildman–Crippen MR) is 55.5 cm³/mol. The number of hydrogen-bond acceptors (Lipinski definition) is 1. The first-order chi connectivity index (χ1) is 5.99. The fourth-order valence-corrected chi connectivity index (χ4v) is 1.98. The second-order valence-electron chi connectivity index (χ2n) is 4.79. The second kappa shape index (κ2) is 3.65. The van der Waals surface area contributed by atoms with Gasteiger partial charge in [-0.05, 0) is 31.6 Å². The zero-order chi connectivity index (χ0) is 10.1. The van der Waals surface area contributed by atoms with Crippen LogP contribution in [0.25, 0.3) is 0 Å². The molecule has 1 fully saturated rings. The van der Waals surface area contributed by atoms with Gasteiger partial charge in [-0.1, -0.05) is 19.9 Å². The van der Waals surface area contributed by atoms with E-state index >= 15 is 0 Å². The van der Waals surface area contributed by atoms with Gasteiger partial charge in [0.25, 0.3) is 0 Å². The van der Waals surface area contributed by atoms with E-state index in [1.165, 1.54) is 6.42 Å². The Hall–Kier alpha value is -0.590. The molecule has 0 spiro atoms. The molecule has 0 radical (unpaired) electrons. The van der Waals surface area contributed by atoms with Gasteiger partial charge in [-0.2, -0.15) is 0 Å². The van der Waals surface area contributed by atoms with Gasteiger partial charge in [-0.25, -0.2) is 0 Å². The summed E-state index contributed by atoms with van der Waals surface area (Å²) >= 11 is 0. The molecule has 0 saturated heterocycles. The summed E-state index contributed by atoms with van der Waals surface area (Å²) < 4.78 is 0. The summed E-state index contributed by atoms with van der Waals surface area (Å²) in [6, 6.07) is 0. The Kier molecular flexibility index (Phi) is 2.94. The maximum Gasteiger partial charge on any atom is 0.142 e. The molecule has 1 nitrogen and oxygen atoms in total. The normalized spacial score (nSPS) is 35.1. The van der Waals surface area contributed by atoms with E-state index in [1.54, 1.807) is 0 Å². The van der Waals surface area contributed by atoms with E-state index < -0.39 is 0 Å². The molecular weight excluding hydrogens is 160 g/mol. The van der Waals surface area contributed by atoms with Gasteiger partial charge in [-0.15, -0.1) is 6.58 Å². The van der Waals surface area contributed by atoms with Crippen LogP contribution < -0.4 is 0 Å². The first-order valence-corrected chi connectivity index (χ1v) is 5.16. The molecule has 1 aliphatic rings. The van der Waals surface area contributed by atoms with Crippen LogP contribution in [0.2, 0.25) is 0 Å². The van der Waals surface area contributed by atoms with Gasteiger partial charge >= 0.3 is 0 Å². The van der Waals surface area contributed by atoms with Gasteiger partial charge in [0.1, 0.15) is 5.78 Å². The van der Waals surface area contributed by atoms with Crippen molar-refractivity contribution in [1.82, 2.24) is 0 Å². The van der Waals surface area contributed by atoms with E-state index in [2.05, 4.69) is 20.4 Å². The molecule has 0 unspecified atom stereocenters. The van der Waals surface area contributed by atoms with Gasteiger partial charge in [-0.3, -0.25) is 4.79 Å². The zero-order valence-electron chi connectivity index (χ0n) is 8.97. The lowest BCUT2D eigenvalue weighted by Gasteiger charge is -2.35. The number of hydrogen-bond donors (Lipinski definition) is 0. The third-order valence-electron chi connectivity index (χ3n) is 3.51. The average Bonchev–Trinajstić information content (AvgIpc) is 2.09. The number of carbonyl (C=O) groups is 1. The minimum Gasteiger partial charge on any atom is -0.299 e. The highest BCUT2D eigenvalue weighted by Crippen LogP contribution is 2.39. The molecule has 0 heterocycles. The standard InChI is InChI=1S/C12H20O/c1-5-12(4)7-6-10(9(2)3)8-11(12)13/h5,9-10H,1,6-8H2,2-4H3/t10-,12-/m1/s1. The predicted octanol–water partition coefficient (Wildman–Crippen LogP) is 3.20. The van der Waals surface area contributed by atoms with Crippen LogP contribution >= 0.6 is 0 Å². The lowest BCUT2D eigenvalue weighted by molar-refractivity contribution is -0.129. The van der Waals surface area contributed by atoms with Crippen molar-refractivity contribution in [2.45, 2.75) is 40.0 Å². The van der Waals surface area contributed by atoms with E-state index in [1.807, 2.05) is 13.0 Å². The summed E-state index contributed by atoms with van der Waals surface area (Å²) in [4.78, 5) is 11.8. The molecule has 2 atom stereocenters. The molecule has 0 bridgehead atoms. The molecule has 0 aliphatic heterocycles. The quantitative estimate of drug-likeness (QED) is 0.596. The van der Waals surface area contributed by atoms with Crippen molar-refractivity contribution in [3.8, 4) is 0 Å². The van der Waals surface area contributed by atoms with Gasteiger partial charge in [0.05, 0.1) is 0 Å². The smallest absolute Gasteiger partial charge is 0.142 e. The van der Waals surface area contributed by atoms with Crippen molar-refractivity contribution >= 4 is 5.78 Å². The third kappa shape index (κ3) is 2.01. The van der Waals surface area contributed by atoms with Crippen LogP contribution in [0.1, 0.15) is 40.0 Å². The van der Waals surface area contributed by atoms with E-state index in [9.17, 15) is 4.79 Å². The van der Waals surface area contributed by atoms with Crippen molar-refractivity contribution in [3.63, 3.8) is 0 Å². The van der Waals surface area contributed by atoms with Crippen molar-refractivity contribution in [3.05, 3.63) is 12.7 Å². The summed E-state index contributed by atoms with van der Waals surface area (Å²) in [7, 11) is 0. The first-order valence-electron chi connectivity index (χ1n) is 5.16. The maximum atomic E-state index is 11.8. The Morgan fingerprint density at radius 1 is 1.62 bits per heavy atom. The average molecular weight is 180 g/mol. The highest BCUT2D eigenvalue weighted by molar-refractivity contribution is 5.87. The SMILES string of the molecule is C=C[C@]1(C)CC[C@@H](C(C)C)CC1=O. The minimum absolute atomic E-state index is 0.231. The molecule has 0 aromatic rings. The van der Waals surface area contributed by atoms with Crippen molar-refractivity contribution in [1.29, 1.82) is 0 Å². The van der Waals surface area contributed by atoms with Crippen LogP contribution in [0.15, 0.2) is 12.7 Å². The van der Waals surface area contributed by atoms with E-state index in [4.69, 9.17) is 0 Å². The van der Waals surface area contributed by atoms with E-state index in [0.717, 1.165) is 12.8 Å². The summed E-state index contributed by atoms with van der Waals surface area (Å²) in [5.74, 6) is 1.62. The molecule has 1 saturated carbocycles. The van der Waals surface area contributed by atoms with Crippen LogP contribution in [0.3, 0.4) is 0 Å². The molecule has 13 heavy (non-hydrogen) atoms. The monoisotopic (exact) mass is 180 g/mol. The second-order valence-corrected chi connectivity index (χ2v) is 4.79. The molecule has 1 aliphatic carbocycles. The van der Waals surface area contributed by atoms with Crippen LogP contribution in [0, 0.1) is 17.3 Å². The van der Waals surface area contributed by atoms with Gasteiger partial charge < -0.3 is 0 Å². The molecule has 74 valence electrons. The van der Waals surface area contributed by atoms with Crippen molar-refractivity contribution in [2.75, 3.05) is 0 Å². The number of allylic oxidation sites excluding steroid dienone is 1. The van der Waals surface area contributed by atoms with Gasteiger partial charge in [0, 0.05) is 11.8 Å². The van der Waals surface area contributed by atoms with Crippen molar-refractivity contribution < 1.29 is 4.79 Å². The van der Waals surface area contributed by atoms with E-state index in [-0.39, 0.29) is 5.41 Å². The summed E-state index contributed by atoms with van der Waals surface area (Å²) in [6.45, 7) is 10.2. The zero-order valence-corrected chi connectivity index (χ0v) is 8.97. The summed E-state index contributed by atoms with van der Waals surface area (Å²) in [5.41, 5.74) is -0.231.